The van der Waals surface area contributed by atoms with Crippen molar-refractivity contribution in [2.24, 2.45) is 5.73 Å². The van der Waals surface area contributed by atoms with E-state index in [1.807, 2.05) is 0 Å². The molecule has 1 saturated heterocycles. The van der Waals surface area contributed by atoms with E-state index in [1.165, 1.54) is 0 Å². The molecular formula is C10H14F3N3O4. The van der Waals surface area contributed by atoms with Gasteiger partial charge in [0.1, 0.15) is 6.04 Å². The molecule has 1 heterocycles. The van der Waals surface area contributed by atoms with Crippen molar-refractivity contribution in [2.75, 3.05) is 13.1 Å². The fraction of sp³-hybridized carbons (Fsp3) is 0.700. The Labute approximate surface area is 111 Å². The summed E-state index contributed by atoms with van der Waals surface area (Å²) < 4.78 is 38.2. The lowest BCUT2D eigenvalue weighted by Gasteiger charge is -2.39. The highest BCUT2D eigenvalue weighted by atomic mass is 19.4. The molecule has 4 N–H and O–H groups in total. The smallest absolute Gasteiger partial charge is 0.415 e. The Bertz CT molecular complexity index is 436. The van der Waals surface area contributed by atoms with Crippen LogP contribution in [0, 0.1) is 0 Å². The number of halogens is 3. The highest BCUT2D eigenvalue weighted by molar-refractivity contribution is 5.95. The highest BCUT2D eigenvalue weighted by Gasteiger charge is 2.56. The number of nitrogens with zero attached hydrogens (tertiary/aromatic N) is 1. The Morgan fingerprint density at radius 2 is 2.05 bits per heavy atom. The lowest BCUT2D eigenvalue weighted by Crippen LogP contribution is -2.68. The van der Waals surface area contributed by atoms with E-state index in [9.17, 15) is 27.6 Å². The van der Waals surface area contributed by atoms with E-state index >= 15 is 0 Å². The molecule has 0 saturated carbocycles. The van der Waals surface area contributed by atoms with Gasteiger partial charge in [0, 0.05) is 13.1 Å². The summed E-state index contributed by atoms with van der Waals surface area (Å²) >= 11 is 0. The van der Waals surface area contributed by atoms with Gasteiger partial charge < -0.3 is 21.1 Å². The molecule has 0 aromatic rings. The first-order valence-electron chi connectivity index (χ1n) is 5.64. The molecule has 7 nitrogen and oxygen atoms in total. The predicted octanol–water partition coefficient (Wildman–Crippen LogP) is -0.932. The largest absolute Gasteiger partial charge is 0.481 e. The van der Waals surface area contributed by atoms with E-state index in [1.54, 1.807) is 0 Å². The third kappa shape index (κ3) is 3.00. The summed E-state index contributed by atoms with van der Waals surface area (Å²) in [7, 11) is 0. The first-order valence-corrected chi connectivity index (χ1v) is 5.64. The minimum absolute atomic E-state index is 0.0609. The molecule has 1 aliphatic heterocycles. The number of carbonyl (C=O) groups excluding carboxylic acids is 2. The molecule has 0 aromatic heterocycles. The van der Waals surface area contributed by atoms with Crippen LogP contribution in [0.2, 0.25) is 0 Å². The van der Waals surface area contributed by atoms with E-state index in [0.717, 1.165) is 0 Å². The number of aliphatic carboxylic acids is 1. The molecule has 1 fully saturated rings. The maximum Gasteiger partial charge on any atom is 0.415 e. The lowest BCUT2D eigenvalue weighted by molar-refractivity contribution is -0.196. The van der Waals surface area contributed by atoms with Gasteiger partial charge in [-0.2, -0.15) is 13.2 Å². The van der Waals surface area contributed by atoms with Crippen molar-refractivity contribution >= 4 is 17.8 Å². The van der Waals surface area contributed by atoms with Gasteiger partial charge in [-0.05, 0) is 6.92 Å². The van der Waals surface area contributed by atoms with Crippen LogP contribution in [0.4, 0.5) is 13.2 Å². The molecule has 0 aromatic carbocycles. The maximum absolute atomic E-state index is 12.7. The van der Waals surface area contributed by atoms with Gasteiger partial charge in [0.05, 0.1) is 6.42 Å². The van der Waals surface area contributed by atoms with Gasteiger partial charge in [0.15, 0.2) is 5.54 Å². The Morgan fingerprint density at radius 1 is 1.50 bits per heavy atom. The van der Waals surface area contributed by atoms with E-state index < -0.39 is 42.0 Å². The molecule has 2 amide bonds. The molecule has 2 atom stereocenters. The molecule has 1 rings (SSSR count). The van der Waals surface area contributed by atoms with Gasteiger partial charge in [0.25, 0.3) is 5.91 Å². The average Bonchev–Trinajstić information content (AvgIpc) is 2.28. The van der Waals surface area contributed by atoms with Crippen molar-refractivity contribution < 1.29 is 32.7 Å². The van der Waals surface area contributed by atoms with Crippen LogP contribution in [0.3, 0.4) is 0 Å². The first kappa shape index (κ1) is 16.2. The lowest BCUT2D eigenvalue weighted by atomic mass is 9.98. The number of rotatable bonds is 3. The Hall–Kier alpha value is -1.84. The normalized spacial score (nSPS) is 22.9. The number of amides is 2. The van der Waals surface area contributed by atoms with E-state index in [2.05, 4.69) is 5.32 Å². The minimum Gasteiger partial charge on any atom is -0.481 e. The molecule has 0 spiro atoms. The third-order valence-corrected chi connectivity index (χ3v) is 2.99. The van der Waals surface area contributed by atoms with Gasteiger partial charge in [-0.3, -0.25) is 14.4 Å². The van der Waals surface area contributed by atoms with Crippen LogP contribution >= 0.6 is 0 Å². The number of carbonyl (C=O) groups is 3. The number of carboxylic acid groups (broad SMARTS) is 1. The van der Waals surface area contributed by atoms with Crippen molar-refractivity contribution in [3.63, 3.8) is 0 Å². The molecule has 20 heavy (non-hydrogen) atoms. The molecule has 2 unspecified atom stereocenters. The minimum atomic E-state index is -5.01. The summed E-state index contributed by atoms with van der Waals surface area (Å²) in [5.74, 6) is -3.74. The maximum atomic E-state index is 12.7. The quantitative estimate of drug-likeness (QED) is 0.623. The molecule has 114 valence electrons. The SMILES string of the molecule is CC(N)(C(=O)N1CCNC(=O)C1CC(=O)O)C(F)(F)F. The van der Waals surface area contributed by atoms with Crippen molar-refractivity contribution in [1.82, 2.24) is 10.2 Å². The van der Waals surface area contributed by atoms with Crippen LogP contribution in [0.15, 0.2) is 0 Å². The topological polar surface area (TPSA) is 113 Å². The zero-order chi connectivity index (χ0) is 15.7. The summed E-state index contributed by atoms with van der Waals surface area (Å²) in [6.07, 6.45) is -5.79. The van der Waals surface area contributed by atoms with Gasteiger partial charge in [0.2, 0.25) is 5.91 Å². The van der Waals surface area contributed by atoms with Gasteiger partial charge in [-0.1, -0.05) is 0 Å². The summed E-state index contributed by atoms with van der Waals surface area (Å²) in [6, 6.07) is -1.50. The zero-order valence-corrected chi connectivity index (χ0v) is 10.5. The number of nitrogens with one attached hydrogen (secondary N) is 1. The third-order valence-electron chi connectivity index (χ3n) is 2.99. The van der Waals surface area contributed by atoms with Crippen LogP contribution < -0.4 is 11.1 Å². The second-order valence-electron chi connectivity index (χ2n) is 4.60. The standard InChI is InChI=1S/C10H14F3N3O4/c1-9(14,10(11,12)13)8(20)16-3-2-15-7(19)5(16)4-6(17)18/h5H,2-4,14H2,1H3,(H,15,19)(H,17,18). The summed E-state index contributed by atoms with van der Waals surface area (Å²) in [5.41, 5.74) is 1.83. The number of carboxylic acids is 1. The summed E-state index contributed by atoms with van der Waals surface area (Å²) in [6.45, 7) is 0.194. The summed E-state index contributed by atoms with van der Waals surface area (Å²) in [5, 5.41) is 11.0. The van der Waals surface area contributed by atoms with Crippen LogP contribution in [-0.4, -0.2) is 58.6 Å². The van der Waals surface area contributed by atoms with Crippen LogP contribution in [-0.2, 0) is 14.4 Å². The number of hydrogen-bond acceptors (Lipinski definition) is 4. The van der Waals surface area contributed by atoms with Crippen molar-refractivity contribution in [1.29, 1.82) is 0 Å². The molecular weight excluding hydrogens is 283 g/mol. The Balaban J connectivity index is 3.04. The Morgan fingerprint density at radius 3 is 2.50 bits per heavy atom. The predicted molar refractivity (Wildman–Crippen MR) is 59.4 cm³/mol. The van der Waals surface area contributed by atoms with E-state index in [-0.39, 0.29) is 13.1 Å². The van der Waals surface area contributed by atoms with Crippen LogP contribution in [0.25, 0.3) is 0 Å². The molecule has 0 bridgehead atoms. The van der Waals surface area contributed by atoms with Crippen molar-refractivity contribution in [2.45, 2.75) is 31.1 Å². The fourth-order valence-electron chi connectivity index (χ4n) is 1.75. The number of alkyl halides is 3. The van der Waals surface area contributed by atoms with Crippen molar-refractivity contribution in [3.05, 3.63) is 0 Å². The van der Waals surface area contributed by atoms with Gasteiger partial charge >= 0.3 is 12.1 Å². The van der Waals surface area contributed by atoms with Crippen LogP contribution in [0.1, 0.15) is 13.3 Å². The van der Waals surface area contributed by atoms with Crippen LogP contribution in [0.5, 0.6) is 0 Å². The van der Waals surface area contributed by atoms with Gasteiger partial charge in [-0.15, -0.1) is 0 Å². The monoisotopic (exact) mass is 297 g/mol. The number of nitrogens with two attached hydrogens (primary N) is 1. The number of piperazine rings is 1. The van der Waals surface area contributed by atoms with Gasteiger partial charge in [-0.25, -0.2) is 0 Å². The van der Waals surface area contributed by atoms with Crippen molar-refractivity contribution in [3.8, 4) is 0 Å². The van der Waals surface area contributed by atoms with E-state index in [4.69, 9.17) is 10.8 Å². The Kier molecular flexibility index (Phi) is 4.27. The summed E-state index contributed by atoms with van der Waals surface area (Å²) in [4.78, 5) is 34.7. The molecule has 1 aliphatic rings. The second kappa shape index (κ2) is 5.27. The molecule has 10 heteroatoms. The first-order chi connectivity index (χ1) is 8.98. The average molecular weight is 297 g/mol. The number of hydrogen-bond donors (Lipinski definition) is 3. The molecule has 0 aliphatic carbocycles. The highest BCUT2D eigenvalue weighted by Crippen LogP contribution is 2.30. The zero-order valence-electron chi connectivity index (χ0n) is 10.5. The second-order valence-corrected chi connectivity index (χ2v) is 4.60. The molecule has 0 radical (unpaired) electrons. The fourth-order valence-corrected chi connectivity index (χ4v) is 1.75. The van der Waals surface area contributed by atoms with E-state index in [0.29, 0.717) is 11.8 Å².